The van der Waals surface area contributed by atoms with Crippen molar-refractivity contribution in [2.24, 2.45) is 0 Å². The SMILES string of the molecule is CCNCc1cnc(N(C)C(C)C)c(Cl)c1. The zero-order chi connectivity index (χ0) is 12.1. The predicted molar refractivity (Wildman–Crippen MR) is 70.2 cm³/mol. The van der Waals surface area contributed by atoms with Gasteiger partial charge in [0.15, 0.2) is 0 Å². The Morgan fingerprint density at radius 1 is 1.50 bits per heavy atom. The number of pyridine rings is 1. The number of nitrogens with zero attached hydrogens (tertiary/aromatic N) is 2. The molecule has 3 nitrogen and oxygen atoms in total. The van der Waals surface area contributed by atoms with Crippen molar-refractivity contribution in [3.63, 3.8) is 0 Å². The van der Waals surface area contributed by atoms with E-state index in [1.165, 1.54) is 0 Å². The third kappa shape index (κ3) is 3.35. The van der Waals surface area contributed by atoms with E-state index in [9.17, 15) is 0 Å². The molecule has 4 heteroatoms. The molecule has 0 amide bonds. The summed E-state index contributed by atoms with van der Waals surface area (Å²) in [6.45, 7) is 8.07. The number of aromatic nitrogens is 1. The molecule has 0 aliphatic carbocycles. The van der Waals surface area contributed by atoms with Gasteiger partial charge in [0.05, 0.1) is 5.02 Å². The molecular weight excluding hydrogens is 222 g/mol. The first-order valence-electron chi connectivity index (χ1n) is 5.64. The van der Waals surface area contributed by atoms with Gasteiger partial charge >= 0.3 is 0 Å². The van der Waals surface area contributed by atoms with Gasteiger partial charge in [0.25, 0.3) is 0 Å². The molecule has 0 aromatic carbocycles. The monoisotopic (exact) mass is 241 g/mol. The molecule has 0 bridgehead atoms. The number of anilines is 1. The van der Waals surface area contributed by atoms with E-state index in [1.807, 2.05) is 19.3 Å². The Hall–Kier alpha value is -0.800. The molecule has 1 aromatic rings. The maximum Gasteiger partial charge on any atom is 0.147 e. The fraction of sp³-hybridized carbons (Fsp3) is 0.583. The topological polar surface area (TPSA) is 28.2 Å². The molecule has 1 heterocycles. The van der Waals surface area contributed by atoms with E-state index in [0.29, 0.717) is 11.1 Å². The molecule has 0 radical (unpaired) electrons. The Balaban J connectivity index is 2.82. The largest absolute Gasteiger partial charge is 0.356 e. The first kappa shape index (κ1) is 13.3. The Morgan fingerprint density at radius 2 is 2.19 bits per heavy atom. The van der Waals surface area contributed by atoms with Gasteiger partial charge in [-0.05, 0) is 32.0 Å². The van der Waals surface area contributed by atoms with E-state index < -0.39 is 0 Å². The smallest absolute Gasteiger partial charge is 0.147 e. The quantitative estimate of drug-likeness (QED) is 0.859. The minimum atomic E-state index is 0.393. The fourth-order valence-corrected chi connectivity index (χ4v) is 1.66. The van der Waals surface area contributed by atoms with Crippen LogP contribution in [-0.2, 0) is 6.54 Å². The van der Waals surface area contributed by atoms with Gasteiger partial charge in [0.1, 0.15) is 5.82 Å². The number of halogens is 1. The van der Waals surface area contributed by atoms with Gasteiger partial charge in [0.2, 0.25) is 0 Å². The first-order chi connectivity index (χ1) is 7.56. The molecule has 1 rings (SSSR count). The molecule has 0 atom stereocenters. The van der Waals surface area contributed by atoms with Crippen molar-refractivity contribution in [1.82, 2.24) is 10.3 Å². The summed E-state index contributed by atoms with van der Waals surface area (Å²) < 4.78 is 0. The maximum atomic E-state index is 6.22. The minimum absolute atomic E-state index is 0.393. The third-order valence-corrected chi connectivity index (χ3v) is 2.84. The molecule has 0 unspecified atom stereocenters. The molecule has 90 valence electrons. The second-order valence-corrected chi connectivity index (χ2v) is 4.54. The predicted octanol–water partition coefficient (Wildman–Crippen LogP) is 2.69. The van der Waals surface area contributed by atoms with Crippen LogP contribution in [0.5, 0.6) is 0 Å². The molecule has 1 N–H and O–H groups in total. The zero-order valence-corrected chi connectivity index (χ0v) is 11.2. The summed E-state index contributed by atoms with van der Waals surface area (Å²) in [5.41, 5.74) is 1.12. The lowest BCUT2D eigenvalue weighted by molar-refractivity contribution is 0.719. The molecule has 0 saturated heterocycles. The van der Waals surface area contributed by atoms with E-state index in [1.54, 1.807) is 0 Å². The summed E-state index contributed by atoms with van der Waals surface area (Å²) in [7, 11) is 2.00. The van der Waals surface area contributed by atoms with Crippen LogP contribution in [0.4, 0.5) is 5.82 Å². The summed E-state index contributed by atoms with van der Waals surface area (Å²) in [4.78, 5) is 6.48. The van der Waals surface area contributed by atoms with E-state index >= 15 is 0 Å². The molecule has 0 aliphatic heterocycles. The van der Waals surface area contributed by atoms with Gasteiger partial charge in [-0.3, -0.25) is 0 Å². The minimum Gasteiger partial charge on any atom is -0.356 e. The third-order valence-electron chi connectivity index (χ3n) is 2.57. The van der Waals surface area contributed by atoms with Crippen molar-refractivity contribution in [2.75, 3.05) is 18.5 Å². The molecule has 0 aliphatic rings. The average Bonchev–Trinajstić information content (AvgIpc) is 2.25. The van der Waals surface area contributed by atoms with Crippen LogP contribution in [0.15, 0.2) is 12.3 Å². The molecule has 16 heavy (non-hydrogen) atoms. The lowest BCUT2D eigenvalue weighted by Gasteiger charge is -2.23. The molecular formula is C12H20ClN3. The van der Waals surface area contributed by atoms with Crippen LogP contribution >= 0.6 is 11.6 Å². The lowest BCUT2D eigenvalue weighted by Crippen LogP contribution is -2.27. The number of nitrogens with one attached hydrogen (secondary N) is 1. The Kier molecular flexibility index (Phi) is 5.03. The summed E-state index contributed by atoms with van der Waals surface area (Å²) >= 11 is 6.22. The van der Waals surface area contributed by atoms with E-state index in [-0.39, 0.29) is 0 Å². The summed E-state index contributed by atoms with van der Waals surface area (Å²) in [6, 6.07) is 2.37. The van der Waals surface area contributed by atoms with E-state index in [2.05, 4.69) is 36.0 Å². The average molecular weight is 242 g/mol. The summed E-state index contributed by atoms with van der Waals surface area (Å²) in [5, 5.41) is 3.97. The van der Waals surface area contributed by atoms with Crippen molar-refractivity contribution < 1.29 is 0 Å². The Bertz CT molecular complexity index is 339. The molecule has 0 saturated carbocycles. The normalized spacial score (nSPS) is 10.9. The maximum absolute atomic E-state index is 6.22. The Morgan fingerprint density at radius 3 is 2.69 bits per heavy atom. The second kappa shape index (κ2) is 6.06. The van der Waals surface area contributed by atoms with Crippen molar-refractivity contribution in [1.29, 1.82) is 0 Å². The highest BCUT2D eigenvalue weighted by Gasteiger charge is 2.11. The Labute approximate surface area is 103 Å². The van der Waals surface area contributed by atoms with Crippen LogP contribution in [0, 0.1) is 0 Å². The van der Waals surface area contributed by atoms with E-state index in [4.69, 9.17) is 11.6 Å². The second-order valence-electron chi connectivity index (χ2n) is 4.13. The van der Waals surface area contributed by atoms with E-state index in [0.717, 1.165) is 24.5 Å². The van der Waals surface area contributed by atoms with Crippen LogP contribution < -0.4 is 10.2 Å². The van der Waals surface area contributed by atoms with Gasteiger partial charge < -0.3 is 10.2 Å². The van der Waals surface area contributed by atoms with Crippen molar-refractivity contribution in [3.8, 4) is 0 Å². The van der Waals surface area contributed by atoms with Crippen molar-refractivity contribution in [3.05, 3.63) is 22.8 Å². The lowest BCUT2D eigenvalue weighted by atomic mass is 10.2. The van der Waals surface area contributed by atoms with Gasteiger partial charge in [-0.2, -0.15) is 0 Å². The molecule has 0 spiro atoms. The summed E-state index contributed by atoms with van der Waals surface area (Å²) in [6.07, 6.45) is 1.88. The van der Waals surface area contributed by atoms with Crippen LogP contribution in [-0.4, -0.2) is 24.6 Å². The van der Waals surface area contributed by atoms with Gasteiger partial charge in [0, 0.05) is 25.8 Å². The molecule has 1 aromatic heterocycles. The van der Waals surface area contributed by atoms with Gasteiger partial charge in [-0.15, -0.1) is 0 Å². The van der Waals surface area contributed by atoms with Gasteiger partial charge in [-0.25, -0.2) is 4.98 Å². The van der Waals surface area contributed by atoms with Crippen LogP contribution in [0.1, 0.15) is 26.3 Å². The van der Waals surface area contributed by atoms with Crippen molar-refractivity contribution in [2.45, 2.75) is 33.4 Å². The molecule has 0 fully saturated rings. The van der Waals surface area contributed by atoms with Gasteiger partial charge in [-0.1, -0.05) is 18.5 Å². The van der Waals surface area contributed by atoms with Crippen molar-refractivity contribution >= 4 is 17.4 Å². The summed E-state index contributed by atoms with van der Waals surface area (Å²) in [5.74, 6) is 0.844. The highest BCUT2D eigenvalue weighted by Crippen LogP contribution is 2.24. The highest BCUT2D eigenvalue weighted by atomic mass is 35.5. The fourth-order valence-electron chi connectivity index (χ4n) is 1.34. The standard InChI is InChI=1S/C12H20ClN3/c1-5-14-7-10-6-11(13)12(15-8-10)16(4)9(2)3/h6,8-9,14H,5,7H2,1-4H3. The van der Waals surface area contributed by atoms with Crippen LogP contribution in [0.25, 0.3) is 0 Å². The first-order valence-corrected chi connectivity index (χ1v) is 6.02. The van der Waals surface area contributed by atoms with Crippen LogP contribution in [0.2, 0.25) is 5.02 Å². The zero-order valence-electron chi connectivity index (χ0n) is 10.4. The number of hydrogen-bond acceptors (Lipinski definition) is 3. The van der Waals surface area contributed by atoms with Crippen LogP contribution in [0.3, 0.4) is 0 Å². The number of rotatable bonds is 5. The number of hydrogen-bond donors (Lipinski definition) is 1. The highest BCUT2D eigenvalue weighted by molar-refractivity contribution is 6.33.